The Hall–Kier alpha value is -2.95. The molecule has 0 unspecified atom stereocenters. The largest absolute Gasteiger partial charge is 0.400 e. The molecule has 7 nitrogen and oxygen atoms in total. The fourth-order valence-corrected chi connectivity index (χ4v) is 4.51. The van der Waals surface area contributed by atoms with Gasteiger partial charge in [0.25, 0.3) is 0 Å². The van der Waals surface area contributed by atoms with Crippen LogP contribution in [0.5, 0.6) is 0 Å². The van der Waals surface area contributed by atoms with Gasteiger partial charge in [-0.15, -0.1) is 0 Å². The lowest BCUT2D eigenvalue weighted by Crippen LogP contribution is -2.32. The number of fused-ring (bicyclic) bond motifs is 1. The molecule has 0 radical (unpaired) electrons. The number of hydrogen-bond donors (Lipinski definition) is 5. The van der Waals surface area contributed by atoms with E-state index in [0.717, 1.165) is 61.0 Å². The van der Waals surface area contributed by atoms with Crippen LogP contribution in [-0.4, -0.2) is 25.1 Å². The van der Waals surface area contributed by atoms with Crippen molar-refractivity contribution in [1.29, 1.82) is 5.26 Å². The lowest BCUT2D eigenvalue weighted by atomic mass is 9.80. The molecule has 8 N–H and O–H groups in total. The van der Waals surface area contributed by atoms with E-state index in [4.69, 9.17) is 11.0 Å². The predicted octanol–water partition coefficient (Wildman–Crippen LogP) is 3.76. The van der Waals surface area contributed by atoms with E-state index in [2.05, 4.69) is 27.9 Å². The Morgan fingerprint density at radius 2 is 1.97 bits per heavy atom. The molecule has 2 aromatic rings. The van der Waals surface area contributed by atoms with Crippen molar-refractivity contribution in [3.8, 4) is 6.07 Å². The number of hydrogen-bond acceptors (Lipinski definition) is 6. The summed E-state index contributed by atoms with van der Waals surface area (Å²) in [7, 11) is 2.01. The average Bonchev–Trinajstić information content (AvgIpc) is 3.36. The molecule has 0 bridgehead atoms. The van der Waals surface area contributed by atoms with Crippen LogP contribution >= 0.6 is 0 Å². The second-order valence-electron chi connectivity index (χ2n) is 8.22. The van der Waals surface area contributed by atoms with E-state index in [0.29, 0.717) is 5.92 Å². The number of nitrogens with zero attached hydrogens (tertiary/aromatic N) is 2. The van der Waals surface area contributed by atoms with Crippen molar-refractivity contribution in [2.75, 3.05) is 25.1 Å². The van der Waals surface area contributed by atoms with Gasteiger partial charge in [0.15, 0.2) is 0 Å². The number of allylic oxidation sites excluding steroid dienone is 1. The first-order valence-electron chi connectivity index (χ1n) is 10.5. The van der Waals surface area contributed by atoms with Crippen LogP contribution in [0.4, 0.5) is 5.82 Å². The summed E-state index contributed by atoms with van der Waals surface area (Å²) < 4.78 is 0. The molecule has 1 aliphatic carbocycles. The highest BCUT2D eigenvalue weighted by Gasteiger charge is 2.29. The Balaban J connectivity index is 0.00000171. The number of benzene rings is 1. The van der Waals surface area contributed by atoms with Crippen LogP contribution in [0.1, 0.15) is 45.2 Å². The number of aromatic amines is 1. The molecule has 0 saturated heterocycles. The van der Waals surface area contributed by atoms with Gasteiger partial charge in [-0.2, -0.15) is 5.26 Å². The number of rotatable bonds is 6. The SMILES string of the molecule is CN1N/C(=C(\N)C2CCC(CNCCc3ccc(C#N)cc3)CC2)c2cc[nH]c21.N.[HH].[HH]. The number of nitrogens with two attached hydrogens (primary N) is 1. The highest BCUT2D eigenvalue weighted by molar-refractivity contribution is 5.81. The standard InChI is InChI=1S/C23H30N6.H3N.2H2/c1-29-23-20(11-13-27-23)22(28-29)21(25)19-8-6-18(7-9-19)15-26-12-10-16-2-4-17(14-24)5-3-16;;;/h2-5,11,13,18-19,26-28H,6-10,12,15,25H2,1H3;1H3;2*1H/b22-21-;;;. The molecule has 0 atom stereocenters. The van der Waals surface area contributed by atoms with E-state index in [1.807, 2.05) is 42.5 Å². The molecular formula is C23H37N7. The molecule has 1 aliphatic heterocycles. The molecule has 1 saturated carbocycles. The summed E-state index contributed by atoms with van der Waals surface area (Å²) in [6.45, 7) is 2.05. The van der Waals surface area contributed by atoms with Gasteiger partial charge in [-0.05, 0) is 74.9 Å². The lowest BCUT2D eigenvalue weighted by molar-refractivity contribution is 0.291. The maximum absolute atomic E-state index is 8.87. The van der Waals surface area contributed by atoms with E-state index >= 15 is 0 Å². The third-order valence-electron chi connectivity index (χ3n) is 6.29. The summed E-state index contributed by atoms with van der Waals surface area (Å²) in [5.74, 6) is 2.27. The van der Waals surface area contributed by atoms with Gasteiger partial charge in [-0.25, -0.2) is 0 Å². The Kier molecular flexibility index (Phi) is 7.03. The molecular weight excluding hydrogens is 374 g/mol. The van der Waals surface area contributed by atoms with Gasteiger partial charge in [-0.3, -0.25) is 10.4 Å². The molecule has 2 heterocycles. The summed E-state index contributed by atoms with van der Waals surface area (Å²) in [4.78, 5) is 3.26. The third-order valence-corrected chi connectivity index (χ3v) is 6.29. The molecule has 1 aromatic carbocycles. The number of hydrazine groups is 1. The highest BCUT2D eigenvalue weighted by Crippen LogP contribution is 2.37. The normalized spacial score (nSPS) is 21.9. The monoisotopic (exact) mass is 411 g/mol. The molecule has 1 fully saturated rings. The quantitative estimate of drug-likeness (QED) is 0.460. The molecule has 30 heavy (non-hydrogen) atoms. The number of H-pyrrole nitrogens is 1. The second-order valence-corrected chi connectivity index (χ2v) is 8.22. The number of anilines is 1. The lowest BCUT2D eigenvalue weighted by Gasteiger charge is -2.30. The maximum Gasteiger partial charge on any atom is 0.134 e. The van der Waals surface area contributed by atoms with E-state index < -0.39 is 0 Å². The van der Waals surface area contributed by atoms with Crippen LogP contribution in [0.2, 0.25) is 0 Å². The van der Waals surface area contributed by atoms with Crippen molar-refractivity contribution in [3.05, 3.63) is 58.9 Å². The Bertz CT molecular complexity index is 909. The molecule has 4 rings (SSSR count). The first kappa shape index (κ1) is 21.8. The van der Waals surface area contributed by atoms with E-state index in [9.17, 15) is 0 Å². The summed E-state index contributed by atoms with van der Waals surface area (Å²) in [6, 6.07) is 12.1. The average molecular weight is 412 g/mol. The fraction of sp³-hybridized carbons (Fsp3) is 0.435. The second kappa shape index (κ2) is 9.70. The van der Waals surface area contributed by atoms with Crippen molar-refractivity contribution in [2.24, 2.45) is 17.6 Å². The van der Waals surface area contributed by atoms with Gasteiger partial charge < -0.3 is 22.2 Å². The molecule has 1 aromatic heterocycles. The van der Waals surface area contributed by atoms with Crippen molar-refractivity contribution < 1.29 is 2.85 Å². The smallest absolute Gasteiger partial charge is 0.134 e. The van der Waals surface area contributed by atoms with Crippen LogP contribution in [0.25, 0.3) is 5.70 Å². The first-order chi connectivity index (χ1) is 14.2. The molecule has 164 valence electrons. The zero-order valence-electron chi connectivity index (χ0n) is 17.7. The van der Waals surface area contributed by atoms with Gasteiger partial charge in [0, 0.05) is 33.3 Å². The van der Waals surface area contributed by atoms with Crippen molar-refractivity contribution >= 4 is 11.5 Å². The van der Waals surface area contributed by atoms with Gasteiger partial charge in [0.2, 0.25) is 0 Å². The maximum atomic E-state index is 8.87. The summed E-state index contributed by atoms with van der Waals surface area (Å²) in [6.07, 6.45) is 7.72. The predicted molar refractivity (Wildman–Crippen MR) is 126 cm³/mol. The number of nitrogens with one attached hydrogen (secondary N) is 3. The van der Waals surface area contributed by atoms with Crippen LogP contribution in [-0.2, 0) is 6.42 Å². The Labute approximate surface area is 181 Å². The van der Waals surface area contributed by atoms with E-state index in [-0.39, 0.29) is 9.00 Å². The van der Waals surface area contributed by atoms with Gasteiger partial charge in [0.1, 0.15) is 5.82 Å². The van der Waals surface area contributed by atoms with Crippen LogP contribution in [0.3, 0.4) is 0 Å². The highest BCUT2D eigenvalue weighted by atomic mass is 15.5. The minimum Gasteiger partial charge on any atom is -0.400 e. The van der Waals surface area contributed by atoms with E-state index in [1.54, 1.807) is 0 Å². The minimum atomic E-state index is 0. The molecule has 7 heteroatoms. The Morgan fingerprint density at radius 3 is 2.67 bits per heavy atom. The van der Waals surface area contributed by atoms with Crippen LogP contribution in [0, 0.1) is 23.2 Å². The first-order valence-corrected chi connectivity index (χ1v) is 10.5. The summed E-state index contributed by atoms with van der Waals surface area (Å²) >= 11 is 0. The van der Waals surface area contributed by atoms with Gasteiger partial charge in [0.05, 0.1) is 17.3 Å². The van der Waals surface area contributed by atoms with Gasteiger partial charge >= 0.3 is 0 Å². The number of nitriles is 1. The van der Waals surface area contributed by atoms with Gasteiger partial charge in [-0.1, -0.05) is 12.1 Å². The summed E-state index contributed by atoms with van der Waals surface area (Å²) in [5, 5.41) is 14.5. The zero-order valence-corrected chi connectivity index (χ0v) is 17.7. The van der Waals surface area contributed by atoms with Crippen molar-refractivity contribution in [3.63, 3.8) is 0 Å². The zero-order chi connectivity index (χ0) is 20.2. The summed E-state index contributed by atoms with van der Waals surface area (Å²) in [5.41, 5.74) is 15.2. The van der Waals surface area contributed by atoms with Crippen LogP contribution in [0.15, 0.2) is 42.2 Å². The molecule has 0 spiro atoms. The fourth-order valence-electron chi connectivity index (χ4n) is 4.51. The topological polar surface area (TPSA) is 128 Å². The number of aromatic nitrogens is 1. The molecule has 0 amide bonds. The Morgan fingerprint density at radius 1 is 1.23 bits per heavy atom. The van der Waals surface area contributed by atoms with Crippen molar-refractivity contribution in [2.45, 2.75) is 32.1 Å². The third kappa shape index (κ3) is 4.61. The van der Waals surface area contributed by atoms with Crippen LogP contribution < -0.4 is 27.6 Å². The van der Waals surface area contributed by atoms with E-state index in [1.165, 1.54) is 24.0 Å². The van der Waals surface area contributed by atoms with Crippen molar-refractivity contribution in [1.82, 2.24) is 21.9 Å². The minimum absolute atomic E-state index is 0. The molecule has 2 aliphatic rings.